The number of aryl methyl sites for hydroxylation is 1. The molecule has 1 aromatic heterocycles. The first-order valence-electron chi connectivity index (χ1n) is 4.81. The van der Waals surface area contributed by atoms with E-state index < -0.39 is 11.9 Å². The lowest BCUT2D eigenvalue weighted by Crippen LogP contribution is -2.07. The Balaban J connectivity index is 2.64. The van der Waals surface area contributed by atoms with Crippen molar-refractivity contribution in [3.63, 3.8) is 0 Å². The number of benzene rings is 1. The van der Waals surface area contributed by atoms with Gasteiger partial charge in [0.15, 0.2) is 0 Å². The molecule has 78 valence electrons. The third-order valence-corrected chi connectivity index (χ3v) is 3.57. The zero-order valence-corrected chi connectivity index (χ0v) is 9.47. The van der Waals surface area contributed by atoms with Crippen molar-refractivity contribution in [1.29, 1.82) is 0 Å². The summed E-state index contributed by atoms with van der Waals surface area (Å²) in [7, 11) is 0. The molecule has 2 rings (SSSR count). The van der Waals surface area contributed by atoms with Crippen molar-refractivity contribution < 1.29 is 9.90 Å². The lowest BCUT2D eigenvalue weighted by molar-refractivity contribution is -0.138. The van der Waals surface area contributed by atoms with Crippen molar-refractivity contribution in [1.82, 2.24) is 0 Å². The summed E-state index contributed by atoms with van der Waals surface area (Å²) in [5.41, 5.74) is 0.907. The first kappa shape index (κ1) is 10.2. The number of hydrogen-bond donors (Lipinski definition) is 1. The molecule has 3 heteroatoms. The molecule has 1 unspecified atom stereocenters. The molecule has 1 heterocycles. The summed E-state index contributed by atoms with van der Waals surface area (Å²) < 4.78 is 1.16. The van der Waals surface area contributed by atoms with E-state index in [2.05, 4.69) is 6.07 Å². The van der Waals surface area contributed by atoms with Crippen molar-refractivity contribution in [3.8, 4) is 0 Å². The maximum atomic E-state index is 11.0. The molecule has 15 heavy (non-hydrogen) atoms. The van der Waals surface area contributed by atoms with Crippen LogP contribution in [0.15, 0.2) is 24.3 Å². The quantitative estimate of drug-likeness (QED) is 0.842. The summed E-state index contributed by atoms with van der Waals surface area (Å²) in [6.07, 6.45) is 0. The molecule has 0 bridgehead atoms. The Labute approximate surface area is 92.2 Å². The molecule has 1 aromatic carbocycles. The Hall–Kier alpha value is -1.35. The normalized spacial score (nSPS) is 12.9. The highest BCUT2D eigenvalue weighted by Crippen LogP contribution is 2.31. The summed E-state index contributed by atoms with van der Waals surface area (Å²) in [5, 5.41) is 10.1. The van der Waals surface area contributed by atoms with Crippen LogP contribution < -0.4 is 0 Å². The van der Waals surface area contributed by atoms with Crippen LogP contribution in [0.2, 0.25) is 0 Å². The number of carboxylic acid groups (broad SMARTS) is 1. The van der Waals surface area contributed by atoms with E-state index in [-0.39, 0.29) is 0 Å². The van der Waals surface area contributed by atoms with Gasteiger partial charge in [0, 0.05) is 9.58 Å². The lowest BCUT2D eigenvalue weighted by Gasteiger charge is -2.07. The zero-order chi connectivity index (χ0) is 11.0. The summed E-state index contributed by atoms with van der Waals surface area (Å²) in [6.45, 7) is 3.77. The van der Waals surface area contributed by atoms with E-state index in [0.717, 1.165) is 15.6 Å². The largest absolute Gasteiger partial charge is 0.481 e. The second kappa shape index (κ2) is 3.66. The van der Waals surface area contributed by atoms with Gasteiger partial charge in [-0.1, -0.05) is 12.1 Å². The van der Waals surface area contributed by atoms with Crippen LogP contribution in [0.25, 0.3) is 10.1 Å². The van der Waals surface area contributed by atoms with Crippen molar-refractivity contribution in [2.75, 3.05) is 0 Å². The average Bonchev–Trinajstić information content (AvgIpc) is 2.56. The second-order valence-corrected chi connectivity index (χ2v) is 4.96. The predicted molar refractivity (Wildman–Crippen MR) is 62.6 cm³/mol. The summed E-state index contributed by atoms with van der Waals surface area (Å²) in [4.78, 5) is 12.2. The standard InChI is InChI=1S/C12H12O2S/c1-7-6-10-9(8(2)12(13)14)4-3-5-11(10)15-7/h3-6,8H,1-2H3,(H,13,14). The van der Waals surface area contributed by atoms with Gasteiger partial charge in [-0.3, -0.25) is 4.79 Å². The van der Waals surface area contributed by atoms with Gasteiger partial charge in [0.05, 0.1) is 5.92 Å². The summed E-state index contributed by atoms with van der Waals surface area (Å²) in [5.74, 6) is -1.21. The lowest BCUT2D eigenvalue weighted by atomic mass is 9.98. The van der Waals surface area contributed by atoms with E-state index in [1.807, 2.05) is 25.1 Å². The van der Waals surface area contributed by atoms with Gasteiger partial charge in [0.25, 0.3) is 0 Å². The Bertz CT molecular complexity index is 513. The average molecular weight is 220 g/mol. The number of carboxylic acids is 1. The number of carbonyl (C=O) groups is 1. The van der Waals surface area contributed by atoms with Gasteiger partial charge < -0.3 is 5.11 Å². The Kier molecular flexibility index (Phi) is 2.49. The number of aliphatic carboxylic acids is 1. The molecule has 0 radical (unpaired) electrons. The minimum absolute atomic E-state index is 0.442. The second-order valence-electron chi connectivity index (χ2n) is 3.68. The van der Waals surface area contributed by atoms with Gasteiger partial charge in [-0.15, -0.1) is 11.3 Å². The fourth-order valence-electron chi connectivity index (χ4n) is 1.72. The van der Waals surface area contributed by atoms with Crippen LogP contribution in [-0.2, 0) is 4.79 Å². The summed E-state index contributed by atoms with van der Waals surface area (Å²) in [6, 6.07) is 7.92. The first-order valence-corrected chi connectivity index (χ1v) is 5.63. The van der Waals surface area contributed by atoms with Gasteiger partial charge in [0.1, 0.15) is 0 Å². The van der Waals surface area contributed by atoms with E-state index in [1.54, 1.807) is 18.3 Å². The molecule has 2 nitrogen and oxygen atoms in total. The van der Waals surface area contributed by atoms with Gasteiger partial charge in [-0.2, -0.15) is 0 Å². The number of thiophene rings is 1. The minimum Gasteiger partial charge on any atom is -0.481 e. The Morgan fingerprint density at radius 1 is 1.47 bits per heavy atom. The van der Waals surface area contributed by atoms with Gasteiger partial charge >= 0.3 is 5.97 Å². The van der Waals surface area contributed by atoms with E-state index in [9.17, 15) is 4.79 Å². The molecule has 0 spiro atoms. The molecule has 0 fully saturated rings. The predicted octanol–water partition coefficient (Wildman–Crippen LogP) is 3.40. The number of rotatable bonds is 2. The fourth-order valence-corrected chi connectivity index (χ4v) is 2.68. The SMILES string of the molecule is Cc1cc2c(C(C)C(=O)O)cccc2s1. The molecular weight excluding hydrogens is 208 g/mol. The molecule has 1 N–H and O–H groups in total. The maximum Gasteiger partial charge on any atom is 0.310 e. The molecule has 0 aliphatic carbocycles. The number of fused-ring (bicyclic) bond motifs is 1. The van der Waals surface area contributed by atoms with Crippen LogP contribution in [-0.4, -0.2) is 11.1 Å². The van der Waals surface area contributed by atoms with Crippen molar-refractivity contribution in [3.05, 3.63) is 34.7 Å². The van der Waals surface area contributed by atoms with Gasteiger partial charge in [0.2, 0.25) is 0 Å². The van der Waals surface area contributed by atoms with Crippen LogP contribution in [0.5, 0.6) is 0 Å². The Morgan fingerprint density at radius 3 is 2.87 bits per heavy atom. The smallest absolute Gasteiger partial charge is 0.310 e. The maximum absolute atomic E-state index is 11.0. The highest BCUT2D eigenvalue weighted by atomic mass is 32.1. The molecule has 0 saturated carbocycles. The van der Waals surface area contributed by atoms with Crippen molar-refractivity contribution in [2.24, 2.45) is 0 Å². The third kappa shape index (κ3) is 1.75. The zero-order valence-electron chi connectivity index (χ0n) is 8.65. The molecule has 1 atom stereocenters. The van der Waals surface area contributed by atoms with Crippen LogP contribution >= 0.6 is 11.3 Å². The topological polar surface area (TPSA) is 37.3 Å². The molecule has 0 saturated heterocycles. The highest BCUT2D eigenvalue weighted by Gasteiger charge is 2.16. The van der Waals surface area contributed by atoms with E-state index in [4.69, 9.17) is 5.11 Å². The monoisotopic (exact) mass is 220 g/mol. The van der Waals surface area contributed by atoms with Crippen LogP contribution in [0, 0.1) is 6.92 Å². The van der Waals surface area contributed by atoms with Gasteiger partial charge in [-0.05, 0) is 36.9 Å². The Morgan fingerprint density at radius 2 is 2.20 bits per heavy atom. The van der Waals surface area contributed by atoms with Crippen molar-refractivity contribution in [2.45, 2.75) is 19.8 Å². The molecule has 2 aromatic rings. The third-order valence-electron chi connectivity index (χ3n) is 2.56. The van der Waals surface area contributed by atoms with Crippen LogP contribution in [0.1, 0.15) is 23.3 Å². The van der Waals surface area contributed by atoms with Gasteiger partial charge in [-0.25, -0.2) is 0 Å². The molecular formula is C12H12O2S. The van der Waals surface area contributed by atoms with Crippen molar-refractivity contribution >= 4 is 27.4 Å². The minimum atomic E-state index is -0.772. The van der Waals surface area contributed by atoms with Crippen LogP contribution in [0.3, 0.4) is 0 Å². The highest BCUT2D eigenvalue weighted by molar-refractivity contribution is 7.19. The van der Waals surface area contributed by atoms with E-state index >= 15 is 0 Å². The molecule has 0 amide bonds. The fraction of sp³-hybridized carbons (Fsp3) is 0.250. The number of hydrogen-bond acceptors (Lipinski definition) is 2. The van der Waals surface area contributed by atoms with E-state index in [1.165, 1.54) is 4.88 Å². The first-order chi connectivity index (χ1) is 7.09. The van der Waals surface area contributed by atoms with Crippen LogP contribution in [0.4, 0.5) is 0 Å². The summed E-state index contributed by atoms with van der Waals surface area (Å²) >= 11 is 1.70. The molecule has 0 aliphatic rings. The van der Waals surface area contributed by atoms with E-state index in [0.29, 0.717) is 0 Å². The molecule has 0 aliphatic heterocycles.